The second kappa shape index (κ2) is 6.78. The number of nitrogens with two attached hydrogens (primary N) is 1. The molecule has 7 heteroatoms. The van der Waals surface area contributed by atoms with Gasteiger partial charge in [-0.2, -0.15) is 0 Å². The monoisotopic (exact) mass is 313 g/mol. The molecule has 0 aliphatic rings. The van der Waals surface area contributed by atoms with Crippen LogP contribution in [0.3, 0.4) is 0 Å². The summed E-state index contributed by atoms with van der Waals surface area (Å²) in [7, 11) is 3.02. The first-order chi connectivity index (χ1) is 11.0. The summed E-state index contributed by atoms with van der Waals surface area (Å²) >= 11 is 0. The van der Waals surface area contributed by atoms with Crippen molar-refractivity contribution in [2.75, 3.05) is 19.1 Å². The number of benzene rings is 1. The molecule has 0 atom stereocenters. The van der Waals surface area contributed by atoms with Gasteiger partial charge in [-0.3, -0.25) is 20.7 Å². The molecule has 4 N–H and O–H groups in total. The molecular weight excluding hydrogens is 294 g/mol. The number of methoxy groups -OCH3 is 2. The summed E-state index contributed by atoms with van der Waals surface area (Å²) in [4.78, 5) is 5.34. The number of guanidine groups is 1. The van der Waals surface area contributed by atoms with Crippen molar-refractivity contribution in [2.45, 2.75) is 6.92 Å². The van der Waals surface area contributed by atoms with E-state index in [1.165, 1.54) is 19.1 Å². The molecule has 7 nitrogen and oxygen atoms in total. The van der Waals surface area contributed by atoms with E-state index in [0.717, 1.165) is 5.56 Å². The van der Waals surface area contributed by atoms with Crippen molar-refractivity contribution >= 4 is 17.5 Å². The highest BCUT2D eigenvalue weighted by Gasteiger charge is 2.24. The van der Waals surface area contributed by atoms with E-state index in [0.29, 0.717) is 22.7 Å². The molecule has 0 aliphatic carbocycles. The molecule has 120 valence electrons. The van der Waals surface area contributed by atoms with Crippen LogP contribution in [0.4, 0.5) is 5.69 Å². The number of hydrogen-bond donors (Lipinski definition) is 3. The van der Waals surface area contributed by atoms with Gasteiger partial charge < -0.3 is 15.2 Å². The van der Waals surface area contributed by atoms with Gasteiger partial charge in [0.05, 0.1) is 14.2 Å². The van der Waals surface area contributed by atoms with Crippen LogP contribution in [0.1, 0.15) is 11.1 Å². The number of nitrogens with one attached hydrogen (secondary N) is 2. The standard InChI is InChI=1S/C16H19N5O2/c1-10-7-11(9-20-8-10)15(17)21(16(18)19)14-12(22-2)5-4-6-13(14)23-3/h4-9,17H,1-3H3,(H3,18,19). The molecular formula is C16H19N5O2. The molecule has 1 heterocycles. The maximum absolute atomic E-state index is 8.45. The normalized spacial score (nSPS) is 10.0. The largest absolute Gasteiger partial charge is 0.494 e. The number of aromatic nitrogens is 1. The van der Waals surface area contributed by atoms with Crippen molar-refractivity contribution in [3.05, 3.63) is 47.8 Å². The lowest BCUT2D eigenvalue weighted by atomic mass is 10.1. The molecule has 2 rings (SSSR count). The van der Waals surface area contributed by atoms with Crippen molar-refractivity contribution in [2.24, 2.45) is 5.73 Å². The molecule has 2 aromatic rings. The van der Waals surface area contributed by atoms with Crippen molar-refractivity contribution in [3.63, 3.8) is 0 Å². The predicted molar refractivity (Wildman–Crippen MR) is 89.7 cm³/mol. The van der Waals surface area contributed by atoms with E-state index in [4.69, 9.17) is 26.0 Å². The number of para-hydroxylation sites is 1. The van der Waals surface area contributed by atoms with Gasteiger partial charge in [-0.05, 0) is 30.7 Å². The number of amidine groups is 1. The Balaban J connectivity index is 2.60. The van der Waals surface area contributed by atoms with E-state index in [9.17, 15) is 0 Å². The molecule has 0 saturated heterocycles. The smallest absolute Gasteiger partial charge is 0.199 e. The predicted octanol–water partition coefficient (Wildman–Crippen LogP) is 2.13. The average molecular weight is 313 g/mol. The van der Waals surface area contributed by atoms with Gasteiger partial charge in [-0.25, -0.2) is 0 Å². The van der Waals surface area contributed by atoms with Gasteiger partial charge in [0, 0.05) is 18.0 Å². The second-order valence-corrected chi connectivity index (χ2v) is 4.83. The van der Waals surface area contributed by atoms with E-state index < -0.39 is 0 Å². The number of anilines is 1. The Kier molecular flexibility index (Phi) is 4.80. The van der Waals surface area contributed by atoms with Crippen LogP contribution in [0, 0.1) is 17.7 Å². The molecule has 0 amide bonds. The zero-order valence-corrected chi connectivity index (χ0v) is 13.3. The van der Waals surface area contributed by atoms with Gasteiger partial charge >= 0.3 is 0 Å². The van der Waals surface area contributed by atoms with Crippen LogP contribution in [0.25, 0.3) is 0 Å². The van der Waals surface area contributed by atoms with Crippen molar-refractivity contribution in [3.8, 4) is 11.5 Å². The molecule has 1 aromatic heterocycles. The van der Waals surface area contributed by atoms with Crippen LogP contribution in [-0.4, -0.2) is 31.0 Å². The number of rotatable bonds is 4. The molecule has 0 fully saturated rings. The lowest BCUT2D eigenvalue weighted by Crippen LogP contribution is -2.42. The summed E-state index contributed by atoms with van der Waals surface area (Å²) in [5.41, 5.74) is 7.57. The minimum Gasteiger partial charge on any atom is -0.494 e. The van der Waals surface area contributed by atoms with Crippen LogP contribution in [0.2, 0.25) is 0 Å². The SMILES string of the molecule is COc1cccc(OC)c1N(C(=N)N)C(=N)c1cncc(C)c1. The number of pyridine rings is 1. The van der Waals surface area contributed by atoms with E-state index >= 15 is 0 Å². The Morgan fingerprint density at radius 3 is 2.22 bits per heavy atom. The third kappa shape index (κ3) is 3.23. The molecule has 23 heavy (non-hydrogen) atoms. The molecule has 0 bridgehead atoms. The zero-order valence-electron chi connectivity index (χ0n) is 13.3. The summed E-state index contributed by atoms with van der Waals surface area (Å²) < 4.78 is 10.7. The van der Waals surface area contributed by atoms with Crippen molar-refractivity contribution < 1.29 is 9.47 Å². The van der Waals surface area contributed by atoms with Crippen LogP contribution in [0.5, 0.6) is 11.5 Å². The summed E-state index contributed by atoms with van der Waals surface area (Å²) in [5.74, 6) is 0.589. The highest BCUT2D eigenvalue weighted by molar-refractivity contribution is 6.23. The topological polar surface area (TPSA) is 108 Å². The average Bonchev–Trinajstić information content (AvgIpc) is 2.54. The number of nitrogens with zero attached hydrogens (tertiary/aromatic N) is 2. The zero-order chi connectivity index (χ0) is 17.0. The van der Waals surface area contributed by atoms with Crippen LogP contribution < -0.4 is 20.1 Å². The summed E-state index contributed by atoms with van der Waals surface area (Å²) in [5, 5.41) is 16.3. The Bertz CT molecular complexity index is 723. The maximum atomic E-state index is 8.45. The lowest BCUT2D eigenvalue weighted by molar-refractivity contribution is 0.397. The minimum absolute atomic E-state index is 0.0106. The summed E-state index contributed by atoms with van der Waals surface area (Å²) in [6, 6.07) is 7.00. The van der Waals surface area contributed by atoms with Gasteiger partial charge in [-0.1, -0.05) is 6.07 Å². The van der Waals surface area contributed by atoms with E-state index in [1.807, 2.05) is 6.92 Å². The number of hydrogen-bond acceptors (Lipinski definition) is 5. The molecule has 0 saturated carbocycles. The summed E-state index contributed by atoms with van der Waals surface area (Å²) in [6.45, 7) is 1.88. The van der Waals surface area contributed by atoms with Gasteiger partial charge in [-0.15, -0.1) is 0 Å². The lowest BCUT2D eigenvalue weighted by Gasteiger charge is -2.26. The van der Waals surface area contributed by atoms with Gasteiger partial charge in [0.25, 0.3) is 0 Å². The highest BCUT2D eigenvalue weighted by Crippen LogP contribution is 2.38. The van der Waals surface area contributed by atoms with Gasteiger partial charge in [0.2, 0.25) is 0 Å². The first kappa shape index (κ1) is 16.3. The van der Waals surface area contributed by atoms with Crippen LogP contribution in [-0.2, 0) is 0 Å². The van der Waals surface area contributed by atoms with Gasteiger partial charge in [0.15, 0.2) is 5.96 Å². The van der Waals surface area contributed by atoms with Crippen molar-refractivity contribution in [1.29, 1.82) is 10.8 Å². The fourth-order valence-corrected chi connectivity index (χ4v) is 2.22. The molecule has 1 aromatic carbocycles. The second-order valence-electron chi connectivity index (χ2n) is 4.83. The molecule has 0 aliphatic heterocycles. The Morgan fingerprint density at radius 1 is 1.13 bits per heavy atom. The fraction of sp³-hybridized carbons (Fsp3) is 0.188. The third-order valence-electron chi connectivity index (χ3n) is 3.24. The number of ether oxygens (including phenoxy) is 2. The Morgan fingerprint density at radius 2 is 1.74 bits per heavy atom. The first-order valence-corrected chi connectivity index (χ1v) is 6.85. The van der Waals surface area contributed by atoms with E-state index in [2.05, 4.69) is 4.98 Å². The van der Waals surface area contributed by atoms with Crippen molar-refractivity contribution in [1.82, 2.24) is 4.98 Å². The van der Waals surface area contributed by atoms with Crippen LogP contribution >= 0.6 is 0 Å². The highest BCUT2D eigenvalue weighted by atomic mass is 16.5. The third-order valence-corrected chi connectivity index (χ3v) is 3.24. The first-order valence-electron chi connectivity index (χ1n) is 6.85. The Hall–Kier alpha value is -3.09. The maximum Gasteiger partial charge on any atom is 0.199 e. The molecule has 0 unspecified atom stereocenters. The van der Waals surface area contributed by atoms with Gasteiger partial charge in [0.1, 0.15) is 23.0 Å². The molecule has 0 spiro atoms. The van der Waals surface area contributed by atoms with Crippen LogP contribution in [0.15, 0.2) is 36.7 Å². The Labute approximate surface area is 134 Å². The number of aryl methyl sites for hydroxylation is 1. The van der Waals surface area contributed by atoms with E-state index in [1.54, 1.807) is 36.7 Å². The molecule has 0 radical (unpaired) electrons. The van der Waals surface area contributed by atoms with E-state index in [-0.39, 0.29) is 11.8 Å². The summed E-state index contributed by atoms with van der Waals surface area (Å²) in [6.07, 6.45) is 3.24. The quantitative estimate of drug-likeness (QED) is 0.592. The minimum atomic E-state index is -0.320. The fourth-order valence-electron chi connectivity index (χ4n) is 2.22.